The van der Waals surface area contributed by atoms with Gasteiger partial charge in [0.15, 0.2) is 0 Å². The topological polar surface area (TPSA) is 47.6 Å². The highest BCUT2D eigenvalue weighted by Gasteiger charge is 2.17. The Morgan fingerprint density at radius 1 is 1.32 bits per heavy atom. The minimum atomic E-state index is -0.244. The monoisotopic (exact) mass is 261 g/mol. The van der Waals surface area contributed by atoms with Crippen molar-refractivity contribution in [2.24, 2.45) is 0 Å². The van der Waals surface area contributed by atoms with E-state index in [1.54, 1.807) is 0 Å². The van der Waals surface area contributed by atoms with Crippen LogP contribution in [-0.2, 0) is 20.7 Å². The van der Waals surface area contributed by atoms with Gasteiger partial charge in [0.2, 0.25) is 5.76 Å². The van der Waals surface area contributed by atoms with E-state index >= 15 is 0 Å². The summed E-state index contributed by atoms with van der Waals surface area (Å²) in [4.78, 5) is 11.9. The maximum absolute atomic E-state index is 11.9. The fraction of sp³-hybridized carbons (Fsp3) is 0.400. The molecule has 0 aliphatic carbocycles. The van der Waals surface area contributed by atoms with Crippen LogP contribution >= 0.6 is 0 Å². The standard InChI is InChI=1S/C15H19NO3/c1-3-12-4-6-13(7-5-12)11(2)16-15(17)14-10-18-8-9-19-14/h4-7,10-11H,3,8-9H2,1-2H3,(H,16,17). The van der Waals surface area contributed by atoms with Crippen LogP contribution < -0.4 is 5.32 Å². The molecule has 0 saturated carbocycles. The lowest BCUT2D eigenvalue weighted by Gasteiger charge is -2.18. The number of nitrogens with one attached hydrogen (secondary N) is 1. The lowest BCUT2D eigenvalue weighted by molar-refractivity contribution is -0.122. The van der Waals surface area contributed by atoms with Crippen molar-refractivity contribution in [2.75, 3.05) is 13.2 Å². The smallest absolute Gasteiger partial charge is 0.290 e. The van der Waals surface area contributed by atoms with Crippen molar-refractivity contribution in [1.82, 2.24) is 5.32 Å². The zero-order chi connectivity index (χ0) is 13.7. The van der Waals surface area contributed by atoms with Crippen LogP contribution in [0, 0.1) is 0 Å². The lowest BCUT2D eigenvalue weighted by Crippen LogP contribution is -2.30. The van der Waals surface area contributed by atoms with Crippen molar-refractivity contribution in [3.05, 3.63) is 47.4 Å². The Morgan fingerprint density at radius 3 is 2.63 bits per heavy atom. The van der Waals surface area contributed by atoms with E-state index in [9.17, 15) is 4.79 Å². The van der Waals surface area contributed by atoms with Gasteiger partial charge in [-0.15, -0.1) is 0 Å². The fourth-order valence-electron chi connectivity index (χ4n) is 1.88. The van der Waals surface area contributed by atoms with E-state index in [-0.39, 0.29) is 17.7 Å². The van der Waals surface area contributed by atoms with Crippen LogP contribution in [-0.4, -0.2) is 19.1 Å². The van der Waals surface area contributed by atoms with E-state index in [0.29, 0.717) is 13.2 Å². The first kappa shape index (κ1) is 13.5. The Kier molecular flexibility index (Phi) is 4.44. The summed E-state index contributed by atoms with van der Waals surface area (Å²) >= 11 is 0. The van der Waals surface area contributed by atoms with Crippen LogP contribution in [0.4, 0.5) is 0 Å². The number of aryl methyl sites for hydroxylation is 1. The molecular weight excluding hydrogens is 242 g/mol. The van der Waals surface area contributed by atoms with Crippen LogP contribution in [0.3, 0.4) is 0 Å². The van der Waals surface area contributed by atoms with Gasteiger partial charge in [-0.2, -0.15) is 0 Å². The Labute approximate surface area is 113 Å². The second kappa shape index (κ2) is 6.27. The maximum atomic E-state index is 11.9. The summed E-state index contributed by atoms with van der Waals surface area (Å²) in [5.74, 6) is -0.00459. The van der Waals surface area contributed by atoms with Crippen molar-refractivity contribution in [3.8, 4) is 0 Å². The largest absolute Gasteiger partial charge is 0.494 e. The predicted molar refractivity (Wildman–Crippen MR) is 72.4 cm³/mol. The van der Waals surface area contributed by atoms with Crippen LogP contribution in [0.15, 0.2) is 36.3 Å². The third-order valence-electron chi connectivity index (χ3n) is 3.11. The Hall–Kier alpha value is -1.97. The molecule has 0 bridgehead atoms. The van der Waals surface area contributed by atoms with Gasteiger partial charge >= 0.3 is 0 Å². The minimum absolute atomic E-state index is 0.0650. The second-order valence-electron chi connectivity index (χ2n) is 4.49. The number of carbonyl (C=O) groups excluding carboxylic acids is 1. The predicted octanol–water partition coefficient (Wildman–Crippen LogP) is 2.31. The summed E-state index contributed by atoms with van der Waals surface area (Å²) in [7, 11) is 0. The van der Waals surface area contributed by atoms with Crippen molar-refractivity contribution < 1.29 is 14.3 Å². The molecule has 102 valence electrons. The van der Waals surface area contributed by atoms with Crippen LogP contribution in [0.1, 0.15) is 31.0 Å². The Morgan fingerprint density at radius 2 is 2.05 bits per heavy atom. The van der Waals surface area contributed by atoms with Gasteiger partial charge in [0.1, 0.15) is 19.5 Å². The van der Waals surface area contributed by atoms with Gasteiger partial charge in [-0.05, 0) is 24.5 Å². The summed E-state index contributed by atoms with van der Waals surface area (Å²) in [5.41, 5.74) is 2.36. The van der Waals surface area contributed by atoms with E-state index in [2.05, 4.69) is 24.4 Å². The van der Waals surface area contributed by atoms with Crippen molar-refractivity contribution in [3.63, 3.8) is 0 Å². The minimum Gasteiger partial charge on any atom is -0.494 e. The molecule has 1 aliphatic rings. The van der Waals surface area contributed by atoms with Gasteiger partial charge in [0, 0.05) is 0 Å². The van der Waals surface area contributed by atoms with Crippen LogP contribution in [0.25, 0.3) is 0 Å². The summed E-state index contributed by atoms with van der Waals surface area (Å²) in [5, 5.41) is 2.89. The van der Waals surface area contributed by atoms with E-state index < -0.39 is 0 Å². The molecule has 19 heavy (non-hydrogen) atoms. The Balaban J connectivity index is 1.97. The molecule has 4 nitrogen and oxygen atoms in total. The first-order valence-corrected chi connectivity index (χ1v) is 6.55. The third kappa shape index (κ3) is 3.50. The molecule has 1 aliphatic heterocycles. The summed E-state index contributed by atoms with van der Waals surface area (Å²) in [6.45, 7) is 4.97. The SMILES string of the molecule is CCc1ccc(C(C)NC(=O)C2=COCCO2)cc1. The molecule has 0 fully saturated rings. The quantitative estimate of drug-likeness (QED) is 0.904. The number of hydrogen-bond acceptors (Lipinski definition) is 3. The van der Waals surface area contributed by atoms with Crippen molar-refractivity contribution >= 4 is 5.91 Å². The van der Waals surface area contributed by atoms with Gasteiger partial charge in [-0.25, -0.2) is 0 Å². The first-order chi connectivity index (χ1) is 9.20. The molecule has 1 amide bonds. The number of hydrogen-bond donors (Lipinski definition) is 1. The molecule has 1 N–H and O–H groups in total. The van der Waals surface area contributed by atoms with Gasteiger partial charge in [-0.3, -0.25) is 4.79 Å². The van der Waals surface area contributed by atoms with Crippen LogP contribution in [0.2, 0.25) is 0 Å². The van der Waals surface area contributed by atoms with E-state index in [1.807, 2.05) is 19.1 Å². The highest BCUT2D eigenvalue weighted by atomic mass is 16.6. The van der Waals surface area contributed by atoms with Crippen LogP contribution in [0.5, 0.6) is 0 Å². The number of benzene rings is 1. The van der Waals surface area contributed by atoms with E-state index in [4.69, 9.17) is 9.47 Å². The first-order valence-electron chi connectivity index (χ1n) is 6.55. The second-order valence-corrected chi connectivity index (χ2v) is 4.49. The fourth-order valence-corrected chi connectivity index (χ4v) is 1.88. The van der Waals surface area contributed by atoms with Crippen molar-refractivity contribution in [2.45, 2.75) is 26.3 Å². The molecule has 1 aromatic rings. The molecule has 2 rings (SSSR count). The molecule has 4 heteroatoms. The molecule has 0 saturated heterocycles. The zero-order valence-corrected chi connectivity index (χ0v) is 11.3. The molecule has 1 unspecified atom stereocenters. The molecule has 0 radical (unpaired) electrons. The van der Waals surface area contributed by atoms with E-state index in [0.717, 1.165) is 12.0 Å². The third-order valence-corrected chi connectivity index (χ3v) is 3.11. The molecular formula is C15H19NO3. The van der Waals surface area contributed by atoms with Crippen molar-refractivity contribution in [1.29, 1.82) is 0 Å². The molecule has 1 atom stereocenters. The molecule has 0 spiro atoms. The average molecular weight is 261 g/mol. The van der Waals surface area contributed by atoms with Gasteiger partial charge in [0.25, 0.3) is 5.91 Å². The average Bonchev–Trinajstić information content (AvgIpc) is 2.48. The summed E-state index contributed by atoms with van der Waals surface area (Å²) in [6.07, 6.45) is 2.38. The Bertz CT molecular complexity index is 465. The number of rotatable bonds is 4. The summed E-state index contributed by atoms with van der Waals surface area (Å²) in [6, 6.07) is 8.17. The number of ether oxygens (including phenoxy) is 2. The lowest BCUT2D eigenvalue weighted by atomic mass is 10.0. The highest BCUT2D eigenvalue weighted by molar-refractivity contribution is 5.91. The number of amides is 1. The molecule has 1 heterocycles. The van der Waals surface area contributed by atoms with E-state index in [1.165, 1.54) is 11.8 Å². The van der Waals surface area contributed by atoms with Gasteiger partial charge < -0.3 is 14.8 Å². The van der Waals surface area contributed by atoms with Gasteiger partial charge in [0.05, 0.1) is 6.04 Å². The maximum Gasteiger partial charge on any atom is 0.290 e. The molecule has 1 aromatic carbocycles. The highest BCUT2D eigenvalue weighted by Crippen LogP contribution is 2.15. The summed E-state index contributed by atoms with van der Waals surface area (Å²) < 4.78 is 10.3. The van der Waals surface area contributed by atoms with Gasteiger partial charge in [-0.1, -0.05) is 31.2 Å². The molecule has 0 aromatic heterocycles. The number of carbonyl (C=O) groups is 1. The zero-order valence-electron chi connectivity index (χ0n) is 11.3. The normalized spacial score (nSPS) is 15.8.